The molecule has 8 nitrogen and oxygen atoms in total. The Labute approximate surface area is 117 Å². The van der Waals surface area contributed by atoms with Crippen LogP contribution in [0.2, 0.25) is 0 Å². The molecule has 0 aromatic carbocycles. The van der Waals surface area contributed by atoms with Crippen LogP contribution in [0, 0.1) is 13.8 Å². The predicted octanol–water partition coefficient (Wildman–Crippen LogP) is 1.14. The van der Waals surface area contributed by atoms with Gasteiger partial charge in [-0.05, 0) is 22.6 Å². The topological polar surface area (TPSA) is 125 Å². The number of pyridine rings is 1. The van der Waals surface area contributed by atoms with Crippen molar-refractivity contribution in [3.63, 3.8) is 0 Å². The molecule has 2 N–H and O–H groups in total. The van der Waals surface area contributed by atoms with E-state index in [-0.39, 0.29) is 6.07 Å². The number of alkyl halides is 3. The Morgan fingerprint density at radius 3 is 2.37 bits per heavy atom. The molecule has 19 heavy (non-hydrogen) atoms. The first kappa shape index (κ1) is 15.8. The number of primary sulfonamides is 1. The normalized spacial score (nSPS) is 12.3. The molecule has 0 spiro atoms. The lowest BCUT2D eigenvalue weighted by atomic mass is 10.4. The molecule has 0 bridgehead atoms. The van der Waals surface area contributed by atoms with Crippen molar-refractivity contribution in [3.05, 3.63) is 19.9 Å². The number of hydrogen-bond acceptors (Lipinski definition) is 6. The highest BCUT2D eigenvalue weighted by atomic mass is 127. The molecule has 0 saturated heterocycles. The summed E-state index contributed by atoms with van der Waals surface area (Å²) in [5.41, 5.74) is -1.02. The smallest absolute Gasteiger partial charge is 0.388 e. The second kappa shape index (κ2) is 5.04. The van der Waals surface area contributed by atoms with Crippen molar-refractivity contribution >= 4 is 38.3 Å². The minimum Gasteiger partial charge on any atom is -0.388 e. The maximum Gasteiger partial charge on any atom is 0.574 e. The fourth-order valence-electron chi connectivity index (χ4n) is 1.02. The van der Waals surface area contributed by atoms with Gasteiger partial charge in [-0.15, -0.1) is 13.2 Å². The second-order valence-electron chi connectivity index (χ2n) is 2.95. The first-order valence-corrected chi connectivity index (χ1v) is 6.68. The molecule has 0 amide bonds. The van der Waals surface area contributed by atoms with Crippen LogP contribution < -0.4 is 9.88 Å². The number of nitrogens with zero attached hydrogens (tertiary/aromatic N) is 2. The van der Waals surface area contributed by atoms with Crippen molar-refractivity contribution in [1.29, 1.82) is 0 Å². The molecular formula is C6H3F3IN3O5S. The van der Waals surface area contributed by atoms with E-state index in [1.54, 1.807) is 0 Å². The van der Waals surface area contributed by atoms with Gasteiger partial charge in [0.2, 0.25) is 15.9 Å². The number of sulfonamides is 1. The highest BCUT2D eigenvalue weighted by Crippen LogP contribution is 2.32. The fraction of sp³-hybridized carbons (Fsp3) is 0.167. The van der Waals surface area contributed by atoms with Gasteiger partial charge in [0.15, 0.2) is 8.60 Å². The average molecular weight is 413 g/mol. The van der Waals surface area contributed by atoms with Gasteiger partial charge < -0.3 is 4.74 Å². The number of halogens is 4. The van der Waals surface area contributed by atoms with E-state index in [1.165, 1.54) is 22.6 Å². The van der Waals surface area contributed by atoms with Crippen molar-refractivity contribution < 1.29 is 31.2 Å². The van der Waals surface area contributed by atoms with E-state index >= 15 is 0 Å². The van der Waals surface area contributed by atoms with Crippen molar-refractivity contribution in [3.8, 4) is 5.88 Å². The zero-order valence-electron chi connectivity index (χ0n) is 8.51. The van der Waals surface area contributed by atoms with Crippen LogP contribution in [0.3, 0.4) is 0 Å². The Kier molecular flexibility index (Phi) is 4.20. The summed E-state index contributed by atoms with van der Waals surface area (Å²) in [6.45, 7) is 0. The maximum atomic E-state index is 12.0. The van der Waals surface area contributed by atoms with Gasteiger partial charge in [-0.25, -0.2) is 13.6 Å². The summed E-state index contributed by atoms with van der Waals surface area (Å²) in [5, 5.41) is 15.4. The van der Waals surface area contributed by atoms with E-state index in [2.05, 4.69) is 9.72 Å². The van der Waals surface area contributed by atoms with Crippen molar-refractivity contribution in [1.82, 2.24) is 4.98 Å². The van der Waals surface area contributed by atoms with E-state index in [1.807, 2.05) is 0 Å². The molecule has 0 atom stereocenters. The quantitative estimate of drug-likeness (QED) is 0.343. The summed E-state index contributed by atoms with van der Waals surface area (Å²) in [6.07, 6.45) is -5.12. The van der Waals surface area contributed by atoms with E-state index in [9.17, 15) is 31.7 Å². The van der Waals surface area contributed by atoms with Gasteiger partial charge in [0.25, 0.3) is 0 Å². The monoisotopic (exact) mass is 413 g/mol. The molecule has 106 valence electrons. The van der Waals surface area contributed by atoms with E-state index < -0.39 is 41.5 Å². The molecule has 0 aliphatic rings. The summed E-state index contributed by atoms with van der Waals surface area (Å²) >= 11 is 1.20. The standard InChI is InChI=1S/C6H3F3IN3O5S/c7-6(8,9)18-3-1-2(19(11,16)17)4(13(14)15)5(10)12-3/h1H,(H2,11,16,17). The van der Waals surface area contributed by atoms with Gasteiger partial charge in [0, 0.05) is 6.07 Å². The molecule has 0 unspecified atom stereocenters. The van der Waals surface area contributed by atoms with Crippen LogP contribution in [0.1, 0.15) is 0 Å². The molecular weight excluding hydrogens is 410 g/mol. The number of ether oxygens (including phenoxy) is 1. The van der Waals surface area contributed by atoms with Crippen molar-refractivity contribution in [2.24, 2.45) is 5.14 Å². The fourth-order valence-corrected chi connectivity index (χ4v) is 2.63. The number of hydrogen-bond donors (Lipinski definition) is 1. The van der Waals surface area contributed by atoms with Crippen LogP contribution in [0.5, 0.6) is 5.88 Å². The number of nitro groups is 1. The lowest BCUT2D eigenvalue weighted by Crippen LogP contribution is -2.20. The van der Waals surface area contributed by atoms with Crippen LogP contribution in [0.4, 0.5) is 18.9 Å². The molecule has 1 aromatic rings. The predicted molar refractivity (Wildman–Crippen MR) is 61.7 cm³/mol. The van der Waals surface area contributed by atoms with Crippen LogP contribution in [0.15, 0.2) is 11.0 Å². The molecule has 1 heterocycles. The Morgan fingerprint density at radius 1 is 1.47 bits per heavy atom. The molecule has 0 aliphatic heterocycles. The Balaban J connectivity index is 3.53. The van der Waals surface area contributed by atoms with Crippen LogP contribution in [0.25, 0.3) is 0 Å². The average Bonchev–Trinajstić information content (AvgIpc) is 2.11. The van der Waals surface area contributed by atoms with Gasteiger partial charge in [-0.2, -0.15) is 4.98 Å². The van der Waals surface area contributed by atoms with Gasteiger partial charge in [-0.3, -0.25) is 10.1 Å². The third kappa shape index (κ3) is 4.13. The lowest BCUT2D eigenvalue weighted by Gasteiger charge is -2.09. The minimum absolute atomic E-state index is 0.239. The minimum atomic E-state index is -5.12. The van der Waals surface area contributed by atoms with Crippen molar-refractivity contribution in [2.45, 2.75) is 11.3 Å². The van der Waals surface area contributed by atoms with Crippen molar-refractivity contribution in [2.75, 3.05) is 0 Å². The van der Waals surface area contributed by atoms with Gasteiger partial charge >= 0.3 is 12.0 Å². The summed E-state index contributed by atoms with van der Waals surface area (Å²) in [4.78, 5) is 11.6. The maximum absolute atomic E-state index is 12.0. The highest BCUT2D eigenvalue weighted by molar-refractivity contribution is 14.1. The zero-order chi connectivity index (χ0) is 15.0. The molecule has 0 fully saturated rings. The molecule has 0 radical (unpaired) electrons. The SMILES string of the molecule is NS(=O)(=O)c1cc(OC(F)(F)F)nc(I)c1[N+](=O)[O-]. The summed E-state index contributed by atoms with van der Waals surface area (Å²) in [7, 11) is -4.61. The van der Waals surface area contributed by atoms with E-state index in [4.69, 9.17) is 5.14 Å². The summed E-state index contributed by atoms with van der Waals surface area (Å²) in [5.74, 6) is -1.16. The van der Waals surface area contributed by atoms with Gasteiger partial charge in [-0.1, -0.05) is 0 Å². The van der Waals surface area contributed by atoms with E-state index in [0.29, 0.717) is 0 Å². The Morgan fingerprint density at radius 2 is 2.00 bits per heavy atom. The summed E-state index contributed by atoms with van der Waals surface area (Å²) in [6, 6.07) is 0.239. The first-order chi connectivity index (χ1) is 8.42. The Bertz CT molecular complexity index is 632. The zero-order valence-corrected chi connectivity index (χ0v) is 11.5. The van der Waals surface area contributed by atoms with Crippen LogP contribution in [-0.2, 0) is 10.0 Å². The molecule has 1 rings (SSSR count). The number of rotatable bonds is 3. The molecule has 1 aromatic heterocycles. The molecule has 0 saturated carbocycles. The first-order valence-electron chi connectivity index (χ1n) is 4.05. The lowest BCUT2D eigenvalue weighted by molar-refractivity contribution is -0.389. The van der Waals surface area contributed by atoms with Gasteiger partial charge in [0.1, 0.15) is 0 Å². The summed E-state index contributed by atoms with van der Waals surface area (Å²) < 4.78 is 61.0. The van der Waals surface area contributed by atoms with Crippen LogP contribution in [-0.4, -0.2) is 24.7 Å². The van der Waals surface area contributed by atoms with E-state index in [0.717, 1.165) is 0 Å². The number of nitrogens with two attached hydrogens (primary N) is 1. The number of aromatic nitrogens is 1. The highest BCUT2D eigenvalue weighted by Gasteiger charge is 2.35. The van der Waals surface area contributed by atoms with Crippen LogP contribution >= 0.6 is 22.6 Å². The molecule has 13 heteroatoms. The second-order valence-corrected chi connectivity index (χ2v) is 5.50. The largest absolute Gasteiger partial charge is 0.574 e. The van der Waals surface area contributed by atoms with Gasteiger partial charge in [0.05, 0.1) is 4.92 Å². The third-order valence-electron chi connectivity index (χ3n) is 1.60. The Hall–Kier alpha value is -1.22. The molecule has 0 aliphatic carbocycles. The third-order valence-corrected chi connectivity index (χ3v) is 3.28.